The minimum Gasteiger partial charge on any atom is -0.395 e. The van der Waals surface area contributed by atoms with Gasteiger partial charge in [-0.25, -0.2) is 9.97 Å². The van der Waals surface area contributed by atoms with Crippen molar-refractivity contribution in [2.45, 2.75) is 64.8 Å². The molecule has 1 aromatic rings. The summed E-state index contributed by atoms with van der Waals surface area (Å²) in [5, 5.41) is 9.99. The topological polar surface area (TPSA) is 49.2 Å². The third kappa shape index (κ3) is 4.07. The van der Waals surface area contributed by atoms with Gasteiger partial charge >= 0.3 is 0 Å². The van der Waals surface area contributed by atoms with Gasteiger partial charge in [0, 0.05) is 24.6 Å². The molecule has 118 valence electrons. The molecule has 0 bridgehead atoms. The lowest BCUT2D eigenvalue weighted by molar-refractivity contribution is 0.289. The molecule has 5 heteroatoms. The summed E-state index contributed by atoms with van der Waals surface area (Å²) in [5.41, 5.74) is 0.926. The van der Waals surface area contributed by atoms with Crippen molar-refractivity contribution in [1.82, 2.24) is 9.97 Å². The molecular formula is C16H26ClN3O. The zero-order valence-corrected chi connectivity index (χ0v) is 13.9. The molecule has 4 nitrogen and oxygen atoms in total. The van der Waals surface area contributed by atoms with Crippen LogP contribution >= 0.6 is 11.6 Å². The van der Waals surface area contributed by atoms with Gasteiger partial charge in [-0.1, -0.05) is 37.8 Å². The molecule has 0 spiro atoms. The van der Waals surface area contributed by atoms with Gasteiger partial charge in [-0.15, -0.1) is 0 Å². The Kier molecular flexibility index (Phi) is 6.24. The summed E-state index contributed by atoms with van der Waals surface area (Å²) in [5.74, 6) is 1.72. The molecule has 1 saturated carbocycles. The maximum atomic E-state index is 9.44. The summed E-state index contributed by atoms with van der Waals surface area (Å²) >= 11 is 6.30. The monoisotopic (exact) mass is 311 g/mol. The lowest BCUT2D eigenvalue weighted by Gasteiger charge is -2.36. The van der Waals surface area contributed by atoms with Gasteiger partial charge in [0.05, 0.1) is 6.61 Å². The van der Waals surface area contributed by atoms with Crippen LogP contribution in [-0.2, 0) is 6.42 Å². The standard InChI is InChI=1S/C16H26ClN3O/c1-3-7-14-18-15(17)12(2)16(19-14)20(10-11-21)13-8-5-4-6-9-13/h13,21H,3-11H2,1-2H3. The molecule has 1 fully saturated rings. The molecule has 1 aliphatic carbocycles. The first kappa shape index (κ1) is 16.5. The molecule has 1 aromatic heterocycles. The Hall–Kier alpha value is -0.870. The van der Waals surface area contributed by atoms with Crippen molar-refractivity contribution in [3.63, 3.8) is 0 Å². The fourth-order valence-electron chi connectivity index (χ4n) is 3.10. The van der Waals surface area contributed by atoms with Crippen molar-refractivity contribution in [3.05, 3.63) is 16.5 Å². The second-order valence-corrected chi connectivity index (χ2v) is 6.20. The predicted molar refractivity (Wildman–Crippen MR) is 87.1 cm³/mol. The van der Waals surface area contributed by atoms with Gasteiger partial charge in [-0.05, 0) is 26.2 Å². The molecular weight excluding hydrogens is 286 g/mol. The molecule has 0 unspecified atom stereocenters. The fourth-order valence-corrected chi connectivity index (χ4v) is 3.28. The number of nitrogens with zero attached hydrogens (tertiary/aromatic N) is 3. The van der Waals surface area contributed by atoms with E-state index in [0.717, 1.165) is 30.0 Å². The van der Waals surface area contributed by atoms with E-state index in [1.165, 1.54) is 32.1 Å². The van der Waals surface area contributed by atoms with Crippen LogP contribution in [-0.4, -0.2) is 34.3 Å². The Labute approximate surface area is 132 Å². The highest BCUT2D eigenvalue weighted by molar-refractivity contribution is 6.30. The number of halogens is 1. The van der Waals surface area contributed by atoms with Crippen molar-refractivity contribution < 1.29 is 5.11 Å². The van der Waals surface area contributed by atoms with Crippen LogP contribution in [0.2, 0.25) is 5.15 Å². The van der Waals surface area contributed by atoms with Gasteiger partial charge in [-0.2, -0.15) is 0 Å². The number of hydrogen-bond donors (Lipinski definition) is 1. The van der Waals surface area contributed by atoms with E-state index < -0.39 is 0 Å². The Bertz CT molecular complexity index is 461. The molecule has 0 atom stereocenters. The third-order valence-corrected chi connectivity index (χ3v) is 4.58. The summed E-state index contributed by atoms with van der Waals surface area (Å²) < 4.78 is 0. The summed E-state index contributed by atoms with van der Waals surface area (Å²) in [6, 6.07) is 0.463. The number of aromatic nitrogens is 2. The van der Waals surface area contributed by atoms with E-state index >= 15 is 0 Å². The van der Waals surface area contributed by atoms with Crippen LogP contribution in [0.4, 0.5) is 5.82 Å². The van der Waals surface area contributed by atoms with Crippen molar-refractivity contribution in [1.29, 1.82) is 0 Å². The molecule has 1 N–H and O–H groups in total. The maximum Gasteiger partial charge on any atom is 0.137 e. The van der Waals surface area contributed by atoms with Crippen molar-refractivity contribution in [2.24, 2.45) is 0 Å². The van der Waals surface area contributed by atoms with E-state index in [-0.39, 0.29) is 6.61 Å². The van der Waals surface area contributed by atoms with E-state index in [1.807, 2.05) is 6.92 Å². The molecule has 0 saturated heterocycles. The quantitative estimate of drug-likeness (QED) is 0.817. The summed E-state index contributed by atoms with van der Waals surface area (Å²) in [6.45, 7) is 4.84. The second-order valence-electron chi connectivity index (χ2n) is 5.84. The molecule has 0 aliphatic heterocycles. The smallest absolute Gasteiger partial charge is 0.137 e. The lowest BCUT2D eigenvalue weighted by atomic mass is 9.94. The molecule has 0 amide bonds. The largest absolute Gasteiger partial charge is 0.395 e. The maximum absolute atomic E-state index is 9.44. The normalized spacial score (nSPS) is 16.2. The van der Waals surface area contributed by atoms with E-state index in [1.54, 1.807) is 0 Å². The Morgan fingerprint density at radius 1 is 1.24 bits per heavy atom. The van der Waals surface area contributed by atoms with Gasteiger partial charge in [0.15, 0.2) is 0 Å². The van der Waals surface area contributed by atoms with Crippen molar-refractivity contribution >= 4 is 17.4 Å². The molecule has 1 aliphatic rings. The fraction of sp³-hybridized carbons (Fsp3) is 0.750. The summed E-state index contributed by atoms with van der Waals surface area (Å²) in [7, 11) is 0. The number of anilines is 1. The first-order valence-corrected chi connectivity index (χ1v) is 8.45. The third-order valence-electron chi connectivity index (χ3n) is 4.21. The first-order valence-electron chi connectivity index (χ1n) is 8.07. The zero-order valence-electron chi connectivity index (χ0n) is 13.1. The number of aliphatic hydroxyl groups excluding tert-OH is 1. The highest BCUT2D eigenvalue weighted by Crippen LogP contribution is 2.30. The second kappa shape index (κ2) is 7.95. The molecule has 0 aromatic carbocycles. The zero-order chi connectivity index (χ0) is 15.2. The highest BCUT2D eigenvalue weighted by atomic mass is 35.5. The average molecular weight is 312 g/mol. The molecule has 2 rings (SSSR count). The molecule has 1 heterocycles. The van der Waals surface area contributed by atoms with Crippen LogP contribution in [0.15, 0.2) is 0 Å². The number of aryl methyl sites for hydroxylation is 1. The van der Waals surface area contributed by atoms with E-state index in [4.69, 9.17) is 16.6 Å². The Morgan fingerprint density at radius 3 is 2.57 bits per heavy atom. The number of aliphatic hydroxyl groups is 1. The van der Waals surface area contributed by atoms with Gasteiger partial charge in [0.25, 0.3) is 0 Å². The first-order chi connectivity index (χ1) is 10.2. The van der Waals surface area contributed by atoms with E-state index in [0.29, 0.717) is 17.7 Å². The van der Waals surface area contributed by atoms with Gasteiger partial charge in [0.1, 0.15) is 16.8 Å². The van der Waals surface area contributed by atoms with Gasteiger partial charge in [0.2, 0.25) is 0 Å². The lowest BCUT2D eigenvalue weighted by Crippen LogP contribution is -2.40. The van der Waals surface area contributed by atoms with Crippen LogP contribution in [0.25, 0.3) is 0 Å². The predicted octanol–water partition coefficient (Wildman–Crippen LogP) is 3.52. The number of rotatable bonds is 6. The van der Waals surface area contributed by atoms with Gasteiger partial charge in [-0.3, -0.25) is 0 Å². The van der Waals surface area contributed by atoms with Crippen LogP contribution in [0.3, 0.4) is 0 Å². The minimum atomic E-state index is 0.140. The van der Waals surface area contributed by atoms with Crippen LogP contribution in [0.5, 0.6) is 0 Å². The van der Waals surface area contributed by atoms with Crippen molar-refractivity contribution in [2.75, 3.05) is 18.1 Å². The van der Waals surface area contributed by atoms with Crippen LogP contribution in [0.1, 0.15) is 56.8 Å². The average Bonchev–Trinajstić information content (AvgIpc) is 2.50. The summed E-state index contributed by atoms with van der Waals surface area (Å²) in [4.78, 5) is 11.4. The highest BCUT2D eigenvalue weighted by Gasteiger charge is 2.24. The summed E-state index contributed by atoms with van der Waals surface area (Å²) in [6.07, 6.45) is 8.01. The Morgan fingerprint density at radius 2 is 1.95 bits per heavy atom. The van der Waals surface area contributed by atoms with Gasteiger partial charge < -0.3 is 10.0 Å². The minimum absolute atomic E-state index is 0.140. The molecule has 0 radical (unpaired) electrons. The van der Waals surface area contributed by atoms with E-state index in [9.17, 15) is 5.11 Å². The van der Waals surface area contributed by atoms with E-state index in [2.05, 4.69) is 16.8 Å². The van der Waals surface area contributed by atoms with Crippen molar-refractivity contribution in [3.8, 4) is 0 Å². The van der Waals surface area contributed by atoms with Crippen LogP contribution in [0, 0.1) is 6.92 Å². The number of hydrogen-bond acceptors (Lipinski definition) is 4. The SMILES string of the molecule is CCCc1nc(Cl)c(C)c(N(CCO)C2CCCCC2)n1. The molecule has 21 heavy (non-hydrogen) atoms. The van der Waals surface area contributed by atoms with Crippen LogP contribution < -0.4 is 4.90 Å². The Balaban J connectivity index is 2.33.